The first-order valence-corrected chi connectivity index (χ1v) is 8.59. The highest BCUT2D eigenvalue weighted by atomic mass is 35.5. The van der Waals surface area contributed by atoms with Crippen LogP contribution in [0.25, 0.3) is 0 Å². The zero-order valence-corrected chi connectivity index (χ0v) is 15.0. The number of urea groups is 1. The SMILES string of the molecule is CNC(=O)[C@@H]1C[C@@H](n2cc(CNC(=O)Nc3cccc(Cl)c3)nn2)CN1. The van der Waals surface area contributed by atoms with Gasteiger partial charge in [-0.25, -0.2) is 9.48 Å². The van der Waals surface area contributed by atoms with Crippen molar-refractivity contribution in [3.05, 3.63) is 41.2 Å². The maximum atomic E-state index is 11.9. The maximum Gasteiger partial charge on any atom is 0.319 e. The van der Waals surface area contributed by atoms with E-state index in [0.717, 1.165) is 0 Å². The van der Waals surface area contributed by atoms with E-state index < -0.39 is 0 Å². The quantitative estimate of drug-likeness (QED) is 0.618. The third-order valence-electron chi connectivity index (χ3n) is 4.11. The molecule has 3 rings (SSSR count). The molecule has 2 heterocycles. The van der Waals surface area contributed by atoms with E-state index in [9.17, 15) is 9.59 Å². The number of anilines is 1. The normalized spacial score (nSPS) is 19.2. The van der Waals surface area contributed by atoms with Gasteiger partial charge in [0.25, 0.3) is 0 Å². The Labute approximate surface area is 155 Å². The van der Waals surface area contributed by atoms with Crippen molar-refractivity contribution in [3.63, 3.8) is 0 Å². The van der Waals surface area contributed by atoms with Crippen molar-refractivity contribution in [2.75, 3.05) is 18.9 Å². The fraction of sp³-hybridized carbons (Fsp3) is 0.375. The standard InChI is InChI=1S/C16H20ClN7O2/c1-18-15(25)14-6-13(8-19-14)24-9-12(22-23-24)7-20-16(26)21-11-4-2-3-10(17)5-11/h2-5,9,13-14,19H,6-8H2,1H3,(H,18,25)(H2,20,21,26)/t13-,14+/m1/s1. The van der Waals surface area contributed by atoms with E-state index in [0.29, 0.717) is 29.4 Å². The highest BCUT2D eigenvalue weighted by molar-refractivity contribution is 6.30. The molecule has 0 spiro atoms. The van der Waals surface area contributed by atoms with E-state index in [-0.39, 0.29) is 30.6 Å². The summed E-state index contributed by atoms with van der Waals surface area (Å²) in [5, 5.41) is 19.9. The molecule has 1 aromatic carbocycles. The van der Waals surface area contributed by atoms with Crippen LogP contribution in [-0.2, 0) is 11.3 Å². The molecule has 0 bridgehead atoms. The average Bonchev–Trinajstić information content (AvgIpc) is 3.28. The van der Waals surface area contributed by atoms with Gasteiger partial charge in [-0.15, -0.1) is 5.10 Å². The molecule has 1 aromatic heterocycles. The monoisotopic (exact) mass is 377 g/mol. The van der Waals surface area contributed by atoms with Crippen molar-refractivity contribution in [3.8, 4) is 0 Å². The fourth-order valence-electron chi connectivity index (χ4n) is 2.78. The van der Waals surface area contributed by atoms with Gasteiger partial charge in [0.15, 0.2) is 0 Å². The van der Waals surface area contributed by atoms with Crippen LogP contribution in [0, 0.1) is 0 Å². The Bertz CT molecular complexity index is 794. The van der Waals surface area contributed by atoms with E-state index in [1.165, 1.54) is 0 Å². The van der Waals surface area contributed by atoms with Gasteiger partial charge < -0.3 is 21.3 Å². The van der Waals surface area contributed by atoms with Crippen molar-refractivity contribution in [2.24, 2.45) is 0 Å². The number of hydrogen-bond donors (Lipinski definition) is 4. The van der Waals surface area contributed by atoms with Gasteiger partial charge in [-0.2, -0.15) is 0 Å². The van der Waals surface area contributed by atoms with Crippen molar-refractivity contribution in [2.45, 2.75) is 25.0 Å². The Morgan fingerprint density at radius 1 is 1.42 bits per heavy atom. The number of nitrogens with one attached hydrogen (secondary N) is 4. The number of carbonyl (C=O) groups excluding carboxylic acids is 2. The van der Waals surface area contributed by atoms with E-state index >= 15 is 0 Å². The van der Waals surface area contributed by atoms with E-state index in [2.05, 4.69) is 31.6 Å². The molecular formula is C16H20ClN7O2. The molecule has 10 heteroatoms. The summed E-state index contributed by atoms with van der Waals surface area (Å²) in [6.07, 6.45) is 2.42. The molecule has 0 radical (unpaired) electrons. The van der Waals surface area contributed by atoms with Crippen molar-refractivity contribution in [1.29, 1.82) is 0 Å². The smallest absolute Gasteiger partial charge is 0.319 e. The molecule has 1 aliphatic rings. The lowest BCUT2D eigenvalue weighted by molar-refractivity contribution is -0.122. The third kappa shape index (κ3) is 4.50. The Morgan fingerprint density at radius 3 is 3.04 bits per heavy atom. The molecule has 4 N–H and O–H groups in total. The van der Waals surface area contributed by atoms with Crippen LogP contribution in [0.3, 0.4) is 0 Å². The van der Waals surface area contributed by atoms with Crippen LogP contribution in [0.15, 0.2) is 30.5 Å². The first-order chi connectivity index (χ1) is 12.5. The minimum Gasteiger partial charge on any atom is -0.358 e. The van der Waals surface area contributed by atoms with Crippen molar-refractivity contribution >= 4 is 29.2 Å². The molecule has 1 aliphatic heterocycles. The number of benzene rings is 1. The summed E-state index contributed by atoms with van der Waals surface area (Å²) in [5.41, 5.74) is 1.24. The first-order valence-electron chi connectivity index (χ1n) is 8.21. The second-order valence-corrected chi connectivity index (χ2v) is 6.41. The number of aromatic nitrogens is 3. The summed E-state index contributed by atoms with van der Waals surface area (Å²) in [7, 11) is 1.62. The number of likely N-dealkylation sites (N-methyl/N-ethyl adjacent to an activating group) is 1. The molecule has 0 unspecified atom stereocenters. The van der Waals surface area contributed by atoms with Crippen LogP contribution in [0.2, 0.25) is 5.02 Å². The van der Waals surface area contributed by atoms with Crippen LogP contribution >= 0.6 is 11.6 Å². The zero-order chi connectivity index (χ0) is 18.5. The molecule has 2 atom stereocenters. The number of amides is 3. The van der Waals surface area contributed by atoms with Crippen molar-refractivity contribution in [1.82, 2.24) is 30.9 Å². The Balaban J connectivity index is 1.49. The van der Waals surface area contributed by atoms with Crippen LogP contribution < -0.4 is 21.3 Å². The predicted octanol–water partition coefficient (Wildman–Crippen LogP) is 0.902. The van der Waals surface area contributed by atoms with Gasteiger partial charge in [-0.1, -0.05) is 22.9 Å². The summed E-state index contributed by atoms with van der Waals surface area (Å²) < 4.78 is 1.72. The summed E-state index contributed by atoms with van der Waals surface area (Å²) >= 11 is 5.88. The predicted molar refractivity (Wildman–Crippen MR) is 96.8 cm³/mol. The number of nitrogens with zero attached hydrogens (tertiary/aromatic N) is 3. The number of rotatable bonds is 5. The van der Waals surface area contributed by atoms with Gasteiger partial charge in [-0.3, -0.25) is 4.79 Å². The minimum absolute atomic E-state index is 0.0350. The lowest BCUT2D eigenvalue weighted by Crippen LogP contribution is -2.38. The molecule has 0 saturated carbocycles. The summed E-state index contributed by atoms with van der Waals surface area (Å²) in [4.78, 5) is 23.6. The number of carbonyl (C=O) groups is 2. The first kappa shape index (κ1) is 18.2. The van der Waals surface area contributed by atoms with Gasteiger partial charge >= 0.3 is 6.03 Å². The van der Waals surface area contributed by atoms with Gasteiger partial charge in [-0.05, 0) is 24.6 Å². The molecule has 1 saturated heterocycles. The van der Waals surface area contributed by atoms with E-state index in [1.54, 1.807) is 42.2 Å². The Morgan fingerprint density at radius 2 is 2.27 bits per heavy atom. The molecular weight excluding hydrogens is 358 g/mol. The van der Waals surface area contributed by atoms with Crippen LogP contribution in [0.5, 0.6) is 0 Å². The molecule has 1 fully saturated rings. The summed E-state index contributed by atoms with van der Waals surface area (Å²) in [5.74, 6) is -0.0350. The molecule has 138 valence electrons. The van der Waals surface area contributed by atoms with Gasteiger partial charge in [0, 0.05) is 24.3 Å². The van der Waals surface area contributed by atoms with Crippen molar-refractivity contribution < 1.29 is 9.59 Å². The highest BCUT2D eigenvalue weighted by Crippen LogP contribution is 2.19. The number of hydrogen-bond acceptors (Lipinski definition) is 5. The molecule has 2 aromatic rings. The largest absolute Gasteiger partial charge is 0.358 e. The minimum atomic E-state index is -0.357. The van der Waals surface area contributed by atoms with Crippen LogP contribution in [0.4, 0.5) is 10.5 Å². The fourth-order valence-corrected chi connectivity index (χ4v) is 2.97. The van der Waals surface area contributed by atoms with Crippen LogP contribution in [-0.4, -0.2) is 46.6 Å². The molecule has 0 aliphatic carbocycles. The van der Waals surface area contributed by atoms with Gasteiger partial charge in [0.2, 0.25) is 5.91 Å². The van der Waals surface area contributed by atoms with E-state index in [4.69, 9.17) is 11.6 Å². The third-order valence-corrected chi connectivity index (χ3v) is 4.35. The van der Waals surface area contributed by atoms with Gasteiger partial charge in [0.05, 0.1) is 24.8 Å². The maximum absolute atomic E-state index is 11.9. The lowest BCUT2D eigenvalue weighted by Gasteiger charge is -2.09. The molecule has 3 amide bonds. The average molecular weight is 378 g/mol. The lowest BCUT2D eigenvalue weighted by atomic mass is 10.1. The second kappa shape index (κ2) is 8.15. The van der Waals surface area contributed by atoms with E-state index in [1.807, 2.05) is 0 Å². The van der Waals surface area contributed by atoms with Crippen LogP contribution in [0.1, 0.15) is 18.2 Å². The summed E-state index contributed by atoms with van der Waals surface area (Å²) in [6.45, 7) is 0.884. The second-order valence-electron chi connectivity index (χ2n) is 5.97. The Hall–Kier alpha value is -2.65. The number of halogens is 1. The molecule has 26 heavy (non-hydrogen) atoms. The Kier molecular flexibility index (Phi) is 5.69. The highest BCUT2D eigenvalue weighted by Gasteiger charge is 2.30. The topological polar surface area (TPSA) is 113 Å². The zero-order valence-electron chi connectivity index (χ0n) is 14.2. The van der Waals surface area contributed by atoms with Gasteiger partial charge in [0.1, 0.15) is 5.69 Å². The summed E-state index contributed by atoms with van der Waals surface area (Å²) in [6, 6.07) is 6.37. The molecule has 9 nitrogen and oxygen atoms in total.